The van der Waals surface area contributed by atoms with Crippen molar-refractivity contribution in [3.05, 3.63) is 0 Å². The Kier molecular flexibility index (Phi) is 7.09. The molecule has 3 unspecified atom stereocenters. The molecule has 1 fully saturated rings. The maximum Gasteiger partial charge on any atom is 0.172 e. The molecule has 3 nitrogen and oxygen atoms in total. The summed E-state index contributed by atoms with van der Waals surface area (Å²) in [7, 11) is 0. The highest BCUT2D eigenvalue weighted by Gasteiger charge is 2.33. The summed E-state index contributed by atoms with van der Waals surface area (Å²) in [4.78, 5) is 0. The van der Waals surface area contributed by atoms with Gasteiger partial charge in [-0.1, -0.05) is 32.6 Å². The van der Waals surface area contributed by atoms with Crippen molar-refractivity contribution in [1.82, 2.24) is 0 Å². The Bertz CT molecular complexity index is 193. The minimum atomic E-state index is -0.220. The molecule has 0 bridgehead atoms. The molecule has 17 heavy (non-hydrogen) atoms. The van der Waals surface area contributed by atoms with E-state index >= 15 is 0 Å². The van der Waals surface area contributed by atoms with E-state index in [1.165, 1.54) is 32.1 Å². The molecule has 0 aliphatic heterocycles. The third-order valence-electron chi connectivity index (χ3n) is 3.96. The predicted molar refractivity (Wildman–Crippen MR) is 70.8 cm³/mol. The average molecular weight is 243 g/mol. The summed E-state index contributed by atoms with van der Waals surface area (Å²) < 4.78 is 11.3. The van der Waals surface area contributed by atoms with Crippen LogP contribution in [0.2, 0.25) is 0 Å². The molecule has 2 N–H and O–H groups in total. The van der Waals surface area contributed by atoms with Crippen molar-refractivity contribution in [3.63, 3.8) is 0 Å². The molecule has 0 heterocycles. The molecule has 102 valence electrons. The van der Waals surface area contributed by atoms with Crippen molar-refractivity contribution in [3.8, 4) is 0 Å². The Morgan fingerprint density at radius 1 is 1.06 bits per heavy atom. The van der Waals surface area contributed by atoms with Crippen molar-refractivity contribution in [2.75, 3.05) is 13.2 Å². The maximum atomic E-state index is 6.38. The SMILES string of the molecule is CCOC(OCC)C(N)C1CCCCC1CC. The van der Waals surface area contributed by atoms with Gasteiger partial charge in [0.25, 0.3) is 0 Å². The standard InChI is InChI=1S/C14H29NO2/c1-4-11-9-7-8-10-12(11)13(15)14(16-5-2)17-6-3/h11-14H,4-10,15H2,1-3H3. The lowest BCUT2D eigenvalue weighted by Crippen LogP contribution is -2.47. The summed E-state index contributed by atoms with van der Waals surface area (Å²) in [5, 5.41) is 0. The number of hydrogen-bond acceptors (Lipinski definition) is 3. The van der Waals surface area contributed by atoms with Crippen LogP contribution in [0.25, 0.3) is 0 Å². The van der Waals surface area contributed by atoms with E-state index in [0.29, 0.717) is 19.1 Å². The molecule has 1 aliphatic rings. The Morgan fingerprint density at radius 3 is 2.18 bits per heavy atom. The van der Waals surface area contributed by atoms with Gasteiger partial charge in [0.2, 0.25) is 0 Å². The molecule has 0 aromatic carbocycles. The van der Waals surface area contributed by atoms with Crippen molar-refractivity contribution in [2.24, 2.45) is 17.6 Å². The molecule has 0 amide bonds. The first-order valence-electron chi connectivity index (χ1n) is 7.23. The van der Waals surface area contributed by atoms with E-state index in [9.17, 15) is 0 Å². The summed E-state index contributed by atoms with van der Waals surface area (Å²) in [5.41, 5.74) is 6.38. The van der Waals surface area contributed by atoms with Gasteiger partial charge in [-0.25, -0.2) is 0 Å². The fourth-order valence-electron chi connectivity index (χ4n) is 3.05. The first-order chi connectivity index (χ1) is 8.24. The van der Waals surface area contributed by atoms with Gasteiger partial charge in [-0.15, -0.1) is 0 Å². The zero-order chi connectivity index (χ0) is 12.7. The maximum absolute atomic E-state index is 6.38. The fourth-order valence-corrected chi connectivity index (χ4v) is 3.05. The van der Waals surface area contributed by atoms with Crippen LogP contribution in [0.4, 0.5) is 0 Å². The zero-order valence-electron chi connectivity index (χ0n) is 11.7. The van der Waals surface area contributed by atoms with Crippen molar-refractivity contribution in [1.29, 1.82) is 0 Å². The summed E-state index contributed by atoms with van der Waals surface area (Å²) in [6, 6.07) is 0.0279. The van der Waals surface area contributed by atoms with Crippen LogP contribution >= 0.6 is 0 Å². The number of rotatable bonds is 7. The van der Waals surface area contributed by atoms with Crippen LogP contribution in [-0.4, -0.2) is 25.5 Å². The highest BCUT2D eigenvalue weighted by atomic mass is 16.7. The van der Waals surface area contributed by atoms with Gasteiger partial charge in [-0.05, 0) is 32.1 Å². The molecule has 3 atom stereocenters. The third-order valence-corrected chi connectivity index (χ3v) is 3.96. The summed E-state index contributed by atoms with van der Waals surface area (Å²) in [6.45, 7) is 7.60. The van der Waals surface area contributed by atoms with E-state index in [1.807, 2.05) is 13.8 Å². The largest absolute Gasteiger partial charge is 0.351 e. The monoisotopic (exact) mass is 243 g/mol. The van der Waals surface area contributed by atoms with Crippen LogP contribution in [0.5, 0.6) is 0 Å². The summed E-state index contributed by atoms with van der Waals surface area (Å²) >= 11 is 0. The van der Waals surface area contributed by atoms with E-state index in [0.717, 1.165) is 5.92 Å². The Labute approximate surface area is 106 Å². The minimum absolute atomic E-state index is 0.0279. The third kappa shape index (κ3) is 4.23. The topological polar surface area (TPSA) is 44.5 Å². The number of nitrogens with two attached hydrogens (primary N) is 1. The Morgan fingerprint density at radius 2 is 1.65 bits per heavy atom. The second kappa shape index (κ2) is 8.06. The first-order valence-corrected chi connectivity index (χ1v) is 7.23. The molecule has 1 rings (SSSR count). The van der Waals surface area contributed by atoms with Gasteiger partial charge in [-0.3, -0.25) is 0 Å². The van der Waals surface area contributed by atoms with Gasteiger partial charge in [0.15, 0.2) is 6.29 Å². The van der Waals surface area contributed by atoms with Crippen molar-refractivity contribution < 1.29 is 9.47 Å². The lowest BCUT2D eigenvalue weighted by atomic mass is 9.74. The lowest BCUT2D eigenvalue weighted by Gasteiger charge is -2.38. The molecule has 3 heteroatoms. The second-order valence-electron chi connectivity index (χ2n) is 4.97. The smallest absolute Gasteiger partial charge is 0.172 e. The van der Waals surface area contributed by atoms with E-state index in [4.69, 9.17) is 15.2 Å². The second-order valence-corrected chi connectivity index (χ2v) is 4.97. The molecule has 1 saturated carbocycles. The van der Waals surface area contributed by atoms with E-state index in [1.54, 1.807) is 0 Å². The van der Waals surface area contributed by atoms with Crippen molar-refractivity contribution in [2.45, 2.75) is 65.2 Å². The van der Waals surface area contributed by atoms with Gasteiger partial charge in [0, 0.05) is 13.2 Å². The van der Waals surface area contributed by atoms with Gasteiger partial charge in [0.1, 0.15) is 0 Å². The highest BCUT2D eigenvalue weighted by Crippen LogP contribution is 2.35. The molecule has 0 spiro atoms. The number of hydrogen-bond donors (Lipinski definition) is 1. The van der Waals surface area contributed by atoms with Crippen LogP contribution in [0, 0.1) is 11.8 Å². The van der Waals surface area contributed by atoms with Gasteiger partial charge in [0.05, 0.1) is 6.04 Å². The molecule has 0 saturated heterocycles. The van der Waals surface area contributed by atoms with Crippen LogP contribution in [0.15, 0.2) is 0 Å². The first kappa shape index (κ1) is 14.9. The van der Waals surface area contributed by atoms with Gasteiger partial charge >= 0.3 is 0 Å². The predicted octanol–water partition coefficient (Wildman–Crippen LogP) is 2.93. The molecular weight excluding hydrogens is 214 g/mol. The summed E-state index contributed by atoms with van der Waals surface area (Å²) in [6.07, 6.45) is 6.22. The molecule has 0 aromatic heterocycles. The van der Waals surface area contributed by atoms with Crippen LogP contribution < -0.4 is 5.73 Å². The van der Waals surface area contributed by atoms with Crippen LogP contribution in [-0.2, 0) is 9.47 Å². The molecular formula is C14H29NO2. The average Bonchev–Trinajstić information content (AvgIpc) is 2.37. The summed E-state index contributed by atoms with van der Waals surface area (Å²) in [5.74, 6) is 1.32. The lowest BCUT2D eigenvalue weighted by molar-refractivity contribution is -0.161. The Hall–Kier alpha value is -0.120. The molecule has 0 radical (unpaired) electrons. The van der Waals surface area contributed by atoms with E-state index < -0.39 is 0 Å². The minimum Gasteiger partial charge on any atom is -0.351 e. The van der Waals surface area contributed by atoms with Crippen molar-refractivity contribution >= 4 is 0 Å². The fraction of sp³-hybridized carbons (Fsp3) is 1.00. The zero-order valence-corrected chi connectivity index (χ0v) is 11.7. The van der Waals surface area contributed by atoms with Gasteiger partial charge in [-0.2, -0.15) is 0 Å². The number of ether oxygens (including phenoxy) is 2. The quantitative estimate of drug-likeness (QED) is 0.699. The molecule has 0 aromatic rings. The van der Waals surface area contributed by atoms with Gasteiger partial charge < -0.3 is 15.2 Å². The van der Waals surface area contributed by atoms with Crippen LogP contribution in [0.3, 0.4) is 0 Å². The van der Waals surface area contributed by atoms with Crippen LogP contribution in [0.1, 0.15) is 52.9 Å². The van der Waals surface area contributed by atoms with E-state index in [-0.39, 0.29) is 12.3 Å². The van der Waals surface area contributed by atoms with E-state index in [2.05, 4.69) is 6.92 Å². The highest BCUT2D eigenvalue weighted by molar-refractivity contribution is 4.84. The molecule has 1 aliphatic carbocycles. The normalized spacial score (nSPS) is 27.4. The Balaban J connectivity index is 2.59.